The Balaban J connectivity index is 1.79. The van der Waals surface area contributed by atoms with Crippen LogP contribution in [0.2, 0.25) is 0 Å². The molecule has 1 aromatic heterocycles. The van der Waals surface area contributed by atoms with Gasteiger partial charge in [-0.1, -0.05) is 18.2 Å². The zero-order chi connectivity index (χ0) is 22.0. The van der Waals surface area contributed by atoms with Crippen molar-refractivity contribution in [2.75, 3.05) is 25.5 Å². The maximum atomic E-state index is 13.1. The number of pyridine rings is 1. The summed E-state index contributed by atoms with van der Waals surface area (Å²) >= 11 is 0. The summed E-state index contributed by atoms with van der Waals surface area (Å²) < 4.78 is 44.8. The zero-order valence-corrected chi connectivity index (χ0v) is 17.0. The van der Waals surface area contributed by atoms with E-state index in [-0.39, 0.29) is 17.3 Å². The van der Waals surface area contributed by atoms with E-state index >= 15 is 0 Å². The highest BCUT2D eigenvalue weighted by molar-refractivity contribution is 6.02. The number of halogens is 3. The van der Waals surface area contributed by atoms with Gasteiger partial charge in [0.05, 0.1) is 18.4 Å². The van der Waals surface area contributed by atoms with Crippen molar-refractivity contribution in [2.24, 2.45) is 0 Å². The quantitative estimate of drug-likeness (QED) is 0.584. The minimum Gasteiger partial charge on any atom is -0.494 e. The molecule has 0 spiro atoms. The third-order valence-corrected chi connectivity index (χ3v) is 5.35. The number of likely N-dealkylation sites (tertiary alicyclic amines) is 1. The molecule has 162 valence electrons. The molecule has 1 N–H and O–H groups in total. The number of benzene rings is 2. The minimum absolute atomic E-state index is 0.195. The Kier molecular flexibility index (Phi) is 5.71. The van der Waals surface area contributed by atoms with Crippen molar-refractivity contribution >= 4 is 28.2 Å². The second-order valence-electron chi connectivity index (χ2n) is 7.47. The molecule has 0 saturated carbocycles. The molecule has 0 radical (unpaired) electrons. The largest absolute Gasteiger partial charge is 0.494 e. The molecular weight excluding hydrogens is 407 g/mol. The average Bonchev–Trinajstić information content (AvgIpc) is 2.78. The number of piperidine rings is 1. The van der Waals surface area contributed by atoms with Crippen LogP contribution in [0.15, 0.2) is 48.5 Å². The van der Waals surface area contributed by atoms with Gasteiger partial charge in [-0.25, -0.2) is 4.98 Å². The number of alkyl halides is 3. The molecule has 3 aromatic rings. The van der Waals surface area contributed by atoms with Gasteiger partial charge in [-0.3, -0.25) is 4.79 Å². The van der Waals surface area contributed by atoms with Crippen LogP contribution < -0.4 is 10.1 Å². The number of rotatable bonds is 4. The highest BCUT2D eigenvalue weighted by atomic mass is 19.4. The number of anilines is 2. The third-order valence-electron chi connectivity index (χ3n) is 5.35. The number of methoxy groups -OCH3 is 1. The number of fused-ring (bicyclic) bond motifs is 1. The van der Waals surface area contributed by atoms with Crippen LogP contribution in [0.5, 0.6) is 5.75 Å². The first-order valence-electron chi connectivity index (χ1n) is 10.1. The SMILES string of the molecule is COc1cccc2c(Nc3cccc(C(F)(F)F)c3)cc(C(=O)N3CCCCC3)nc12. The third kappa shape index (κ3) is 4.42. The van der Waals surface area contributed by atoms with Crippen LogP contribution in [0.1, 0.15) is 35.3 Å². The van der Waals surface area contributed by atoms with Crippen molar-refractivity contribution in [3.8, 4) is 5.75 Å². The summed E-state index contributed by atoms with van der Waals surface area (Å²) in [6.07, 6.45) is -1.47. The van der Waals surface area contributed by atoms with Crippen molar-refractivity contribution in [1.82, 2.24) is 9.88 Å². The van der Waals surface area contributed by atoms with Gasteiger partial charge < -0.3 is 15.0 Å². The van der Waals surface area contributed by atoms with Gasteiger partial charge in [0.2, 0.25) is 0 Å². The lowest BCUT2D eigenvalue weighted by Crippen LogP contribution is -2.36. The van der Waals surface area contributed by atoms with Crippen molar-refractivity contribution in [3.05, 3.63) is 59.8 Å². The van der Waals surface area contributed by atoms with E-state index in [1.165, 1.54) is 13.2 Å². The first-order valence-corrected chi connectivity index (χ1v) is 10.1. The predicted octanol–water partition coefficient (Wildman–Crippen LogP) is 5.63. The van der Waals surface area contributed by atoms with Crippen molar-refractivity contribution in [2.45, 2.75) is 25.4 Å². The highest BCUT2D eigenvalue weighted by Gasteiger charge is 2.30. The minimum atomic E-state index is -4.45. The lowest BCUT2D eigenvalue weighted by atomic mass is 10.1. The van der Waals surface area contributed by atoms with Crippen molar-refractivity contribution < 1.29 is 22.7 Å². The molecule has 31 heavy (non-hydrogen) atoms. The number of hydrogen-bond acceptors (Lipinski definition) is 4. The molecule has 4 rings (SSSR count). The predicted molar refractivity (Wildman–Crippen MR) is 113 cm³/mol. The second-order valence-corrected chi connectivity index (χ2v) is 7.47. The number of hydrogen-bond donors (Lipinski definition) is 1. The van der Waals surface area contributed by atoms with E-state index in [0.717, 1.165) is 31.4 Å². The molecule has 0 atom stereocenters. The molecule has 0 bridgehead atoms. The molecule has 1 fully saturated rings. The van der Waals surface area contributed by atoms with Gasteiger partial charge in [0, 0.05) is 24.2 Å². The van der Waals surface area contributed by atoms with E-state index in [1.54, 1.807) is 35.2 Å². The van der Waals surface area contributed by atoms with E-state index in [1.807, 2.05) is 0 Å². The van der Waals surface area contributed by atoms with Gasteiger partial charge in [0.25, 0.3) is 5.91 Å². The van der Waals surface area contributed by atoms with Crippen LogP contribution in [0.3, 0.4) is 0 Å². The lowest BCUT2D eigenvalue weighted by molar-refractivity contribution is -0.137. The number of carbonyl (C=O) groups is 1. The van der Waals surface area contributed by atoms with Gasteiger partial charge in [-0.2, -0.15) is 13.2 Å². The van der Waals surface area contributed by atoms with E-state index in [0.29, 0.717) is 35.4 Å². The molecular formula is C23H22F3N3O2. The number of ether oxygens (including phenoxy) is 1. The summed E-state index contributed by atoms with van der Waals surface area (Å²) in [7, 11) is 1.51. The Morgan fingerprint density at radius 2 is 1.81 bits per heavy atom. The molecule has 1 saturated heterocycles. The number of nitrogens with one attached hydrogen (secondary N) is 1. The summed E-state index contributed by atoms with van der Waals surface area (Å²) in [4.78, 5) is 19.4. The Hall–Kier alpha value is -3.29. The number of carbonyl (C=O) groups excluding carboxylic acids is 1. The van der Waals surface area contributed by atoms with E-state index in [2.05, 4.69) is 10.3 Å². The first-order chi connectivity index (χ1) is 14.9. The topological polar surface area (TPSA) is 54.5 Å². The van der Waals surface area contributed by atoms with Gasteiger partial charge in [-0.15, -0.1) is 0 Å². The maximum Gasteiger partial charge on any atom is 0.416 e. The smallest absolute Gasteiger partial charge is 0.416 e. The zero-order valence-electron chi connectivity index (χ0n) is 17.0. The molecule has 0 unspecified atom stereocenters. The standard InChI is InChI=1S/C23H22F3N3O2/c1-31-20-10-6-9-17-18(27-16-8-5-7-15(13-16)23(24,25)26)14-19(28-21(17)20)22(30)29-11-3-2-4-12-29/h5-10,13-14H,2-4,11-12H2,1H3,(H,27,28). The van der Waals surface area contributed by atoms with E-state index in [4.69, 9.17) is 4.74 Å². The van der Waals surface area contributed by atoms with Gasteiger partial charge in [0.15, 0.2) is 0 Å². The van der Waals surface area contributed by atoms with Crippen LogP contribution in [0.25, 0.3) is 10.9 Å². The lowest BCUT2D eigenvalue weighted by Gasteiger charge is -2.26. The highest BCUT2D eigenvalue weighted by Crippen LogP contribution is 2.35. The molecule has 1 aliphatic rings. The fourth-order valence-corrected chi connectivity index (χ4v) is 3.79. The first kappa shape index (κ1) is 21.0. The number of aromatic nitrogens is 1. The Morgan fingerprint density at radius 1 is 1.06 bits per heavy atom. The fraction of sp³-hybridized carbons (Fsp3) is 0.304. The summed E-state index contributed by atoms with van der Waals surface area (Å²) in [6.45, 7) is 1.34. The Morgan fingerprint density at radius 3 is 2.52 bits per heavy atom. The van der Waals surface area contributed by atoms with Gasteiger partial charge in [-0.05, 0) is 49.6 Å². The normalized spacial score (nSPS) is 14.5. The summed E-state index contributed by atoms with van der Waals surface area (Å²) in [5.74, 6) is 0.289. The molecule has 2 heterocycles. The molecule has 2 aromatic carbocycles. The van der Waals surface area contributed by atoms with E-state index < -0.39 is 11.7 Å². The van der Waals surface area contributed by atoms with Crippen molar-refractivity contribution in [1.29, 1.82) is 0 Å². The molecule has 1 aliphatic heterocycles. The molecule has 8 heteroatoms. The number of para-hydroxylation sites is 1. The summed E-state index contributed by atoms with van der Waals surface area (Å²) in [5.41, 5.74) is 0.707. The Bertz CT molecular complexity index is 1110. The number of nitrogens with zero attached hydrogens (tertiary/aromatic N) is 2. The Labute approximate surface area is 177 Å². The summed E-state index contributed by atoms with van der Waals surface area (Å²) in [6, 6.07) is 11.8. The molecule has 1 amide bonds. The van der Waals surface area contributed by atoms with Crippen LogP contribution in [-0.4, -0.2) is 36.0 Å². The van der Waals surface area contributed by atoms with Crippen LogP contribution >= 0.6 is 0 Å². The van der Waals surface area contributed by atoms with Gasteiger partial charge in [0.1, 0.15) is 17.0 Å². The van der Waals surface area contributed by atoms with Crippen LogP contribution in [0.4, 0.5) is 24.5 Å². The molecule has 0 aliphatic carbocycles. The monoisotopic (exact) mass is 429 g/mol. The van der Waals surface area contributed by atoms with Crippen molar-refractivity contribution in [3.63, 3.8) is 0 Å². The fourth-order valence-electron chi connectivity index (χ4n) is 3.79. The second kappa shape index (κ2) is 8.45. The molecule has 5 nitrogen and oxygen atoms in total. The average molecular weight is 429 g/mol. The van der Waals surface area contributed by atoms with Crippen LogP contribution in [0, 0.1) is 0 Å². The summed E-state index contributed by atoms with van der Waals surface area (Å²) in [5, 5.41) is 3.69. The van der Waals surface area contributed by atoms with E-state index in [9.17, 15) is 18.0 Å². The maximum absolute atomic E-state index is 13.1. The van der Waals surface area contributed by atoms with Gasteiger partial charge >= 0.3 is 6.18 Å². The number of amides is 1. The van der Waals surface area contributed by atoms with Crippen LogP contribution in [-0.2, 0) is 6.18 Å².